The number of ether oxygens (including phenoxy) is 1. The molecule has 196 valence electrons. The van der Waals surface area contributed by atoms with Gasteiger partial charge in [0.15, 0.2) is 5.65 Å². The Morgan fingerprint density at radius 2 is 1.76 bits per heavy atom. The highest BCUT2D eigenvalue weighted by atomic mass is 19.4. The standard InChI is InChI=1S/C26H27F3N4O4/c27-26(28,29)37-21-8-5-17(6-9-21)24(35)32-12-10-19(11-13-32)33-22-14-18(15-30-23(22)31-25(33)36)16-2-1-3-20(34)7-4-16/h5-6,8-9,14-16,19H,1-4,7,10-13H2,(H,30,31,36). The summed E-state index contributed by atoms with van der Waals surface area (Å²) in [5.41, 5.74) is 2.29. The number of piperidine rings is 1. The number of alkyl halides is 3. The summed E-state index contributed by atoms with van der Waals surface area (Å²) in [6.45, 7) is 0.808. The number of nitrogens with zero attached hydrogens (tertiary/aromatic N) is 3. The van der Waals surface area contributed by atoms with Gasteiger partial charge in [0.05, 0.1) is 5.52 Å². The number of nitrogens with one attached hydrogen (secondary N) is 1. The number of amides is 1. The average molecular weight is 517 g/mol. The molecular formula is C26H27F3N4O4. The quantitative estimate of drug-likeness (QED) is 0.507. The summed E-state index contributed by atoms with van der Waals surface area (Å²) in [4.78, 5) is 46.5. The van der Waals surface area contributed by atoms with Gasteiger partial charge >= 0.3 is 12.1 Å². The predicted octanol–water partition coefficient (Wildman–Crippen LogP) is 4.72. The summed E-state index contributed by atoms with van der Waals surface area (Å²) in [5.74, 6) is -0.142. The van der Waals surface area contributed by atoms with Gasteiger partial charge in [0.2, 0.25) is 0 Å². The van der Waals surface area contributed by atoms with Crippen LogP contribution in [0.2, 0.25) is 0 Å². The van der Waals surface area contributed by atoms with Crippen molar-refractivity contribution in [1.29, 1.82) is 0 Å². The van der Waals surface area contributed by atoms with Crippen molar-refractivity contribution in [2.45, 2.75) is 63.3 Å². The van der Waals surface area contributed by atoms with E-state index in [2.05, 4.69) is 14.7 Å². The van der Waals surface area contributed by atoms with Crippen molar-refractivity contribution in [2.75, 3.05) is 13.1 Å². The fraction of sp³-hybridized carbons (Fsp3) is 0.462. The molecule has 3 heterocycles. The van der Waals surface area contributed by atoms with Crippen LogP contribution >= 0.6 is 0 Å². The largest absolute Gasteiger partial charge is 0.573 e. The van der Waals surface area contributed by atoms with Crippen LogP contribution in [0.5, 0.6) is 5.75 Å². The van der Waals surface area contributed by atoms with Crippen molar-refractivity contribution in [1.82, 2.24) is 19.4 Å². The molecule has 2 fully saturated rings. The van der Waals surface area contributed by atoms with Crippen molar-refractivity contribution in [3.63, 3.8) is 0 Å². The van der Waals surface area contributed by atoms with Crippen molar-refractivity contribution < 1.29 is 27.5 Å². The van der Waals surface area contributed by atoms with Crippen molar-refractivity contribution >= 4 is 22.9 Å². The maximum Gasteiger partial charge on any atom is 0.573 e. The molecule has 1 unspecified atom stereocenters. The molecule has 1 saturated carbocycles. The summed E-state index contributed by atoms with van der Waals surface area (Å²) in [6.07, 6.45) is 1.82. The summed E-state index contributed by atoms with van der Waals surface area (Å²) < 4.78 is 42.7. The molecule has 8 nitrogen and oxygen atoms in total. The molecule has 1 N–H and O–H groups in total. The van der Waals surface area contributed by atoms with E-state index in [4.69, 9.17) is 0 Å². The number of hydrogen-bond donors (Lipinski definition) is 1. The number of carbonyl (C=O) groups excluding carboxylic acids is 2. The molecule has 0 bridgehead atoms. The molecular weight excluding hydrogens is 489 g/mol. The van der Waals surface area contributed by atoms with E-state index in [1.807, 2.05) is 6.07 Å². The molecule has 37 heavy (non-hydrogen) atoms. The zero-order valence-corrected chi connectivity index (χ0v) is 20.1. The number of Topliss-reactive ketones (excluding diaryl/α,β-unsaturated/α-hetero) is 1. The Kier molecular flexibility index (Phi) is 6.78. The van der Waals surface area contributed by atoms with Gasteiger partial charge in [-0.25, -0.2) is 9.78 Å². The number of imidazole rings is 1. The summed E-state index contributed by atoms with van der Waals surface area (Å²) >= 11 is 0. The minimum Gasteiger partial charge on any atom is -0.406 e. The van der Waals surface area contributed by atoms with Crippen molar-refractivity contribution in [2.24, 2.45) is 0 Å². The molecule has 0 spiro atoms. The smallest absolute Gasteiger partial charge is 0.406 e. The normalized spacial score (nSPS) is 19.7. The lowest BCUT2D eigenvalue weighted by atomic mass is 9.93. The topological polar surface area (TPSA) is 97.3 Å². The van der Waals surface area contributed by atoms with E-state index in [1.165, 1.54) is 12.1 Å². The van der Waals surface area contributed by atoms with E-state index < -0.39 is 6.36 Å². The second-order valence-electron chi connectivity index (χ2n) is 9.70. The Hall–Kier alpha value is -3.63. The Balaban J connectivity index is 1.28. The van der Waals surface area contributed by atoms with E-state index in [0.717, 1.165) is 42.5 Å². The first-order chi connectivity index (χ1) is 17.7. The number of pyridine rings is 1. The molecule has 5 rings (SSSR count). The van der Waals surface area contributed by atoms with Crippen LogP contribution in [0, 0.1) is 0 Å². The Bertz CT molecular complexity index is 1350. The van der Waals surface area contributed by atoms with Crippen LogP contribution < -0.4 is 10.4 Å². The minimum absolute atomic E-state index is 0.124. The van der Waals surface area contributed by atoms with E-state index in [1.54, 1.807) is 15.7 Å². The molecule has 1 aromatic carbocycles. The van der Waals surface area contributed by atoms with Gasteiger partial charge in [0, 0.05) is 43.7 Å². The van der Waals surface area contributed by atoms with Crippen LogP contribution in [0.15, 0.2) is 41.3 Å². The van der Waals surface area contributed by atoms with Crippen molar-refractivity contribution in [3.05, 3.63) is 58.1 Å². The van der Waals surface area contributed by atoms with Crippen LogP contribution in [0.1, 0.15) is 72.8 Å². The SMILES string of the molecule is O=C1CCCC(c2cnc3[nH]c(=O)n(C4CCN(C(=O)c5ccc(OC(F)(F)F)cc5)CC4)c3c2)CC1. The molecule has 1 aliphatic heterocycles. The average Bonchev–Trinajstić information content (AvgIpc) is 3.03. The third kappa shape index (κ3) is 5.55. The number of carbonyl (C=O) groups is 2. The number of halogens is 3. The van der Waals surface area contributed by atoms with Crippen LogP contribution in [-0.4, -0.2) is 50.6 Å². The fourth-order valence-corrected chi connectivity index (χ4v) is 5.40. The molecule has 1 aliphatic carbocycles. The molecule has 1 amide bonds. The van der Waals surface area contributed by atoms with E-state index >= 15 is 0 Å². The molecule has 2 aromatic heterocycles. The lowest BCUT2D eigenvalue weighted by Crippen LogP contribution is -2.40. The molecule has 1 atom stereocenters. The van der Waals surface area contributed by atoms with Gasteiger partial charge < -0.3 is 9.64 Å². The highest BCUT2D eigenvalue weighted by molar-refractivity contribution is 5.94. The van der Waals surface area contributed by atoms with Crippen molar-refractivity contribution in [3.8, 4) is 5.75 Å². The maximum absolute atomic E-state index is 12.9. The summed E-state index contributed by atoms with van der Waals surface area (Å²) in [5, 5.41) is 0. The van der Waals surface area contributed by atoms with Gasteiger partial charge in [-0.15, -0.1) is 13.2 Å². The number of benzene rings is 1. The zero-order valence-electron chi connectivity index (χ0n) is 20.1. The maximum atomic E-state index is 12.9. The molecule has 11 heteroatoms. The van der Waals surface area contributed by atoms with Crippen LogP contribution in [0.4, 0.5) is 13.2 Å². The number of aromatic amines is 1. The number of aromatic nitrogens is 3. The van der Waals surface area contributed by atoms with Gasteiger partial charge in [-0.05, 0) is 73.9 Å². The first-order valence-electron chi connectivity index (χ1n) is 12.4. The molecule has 2 aliphatic rings. The minimum atomic E-state index is -4.79. The highest BCUT2D eigenvalue weighted by Gasteiger charge is 2.31. The van der Waals surface area contributed by atoms with Gasteiger partial charge in [0.25, 0.3) is 5.91 Å². The third-order valence-electron chi connectivity index (χ3n) is 7.30. The summed E-state index contributed by atoms with van der Waals surface area (Å²) in [6, 6.07) is 6.74. The second-order valence-corrected chi connectivity index (χ2v) is 9.70. The first-order valence-corrected chi connectivity index (χ1v) is 12.4. The zero-order chi connectivity index (χ0) is 26.2. The Labute approximate surface area is 210 Å². The fourth-order valence-electron chi connectivity index (χ4n) is 5.40. The molecule has 0 radical (unpaired) electrons. The number of fused-ring (bicyclic) bond motifs is 1. The summed E-state index contributed by atoms with van der Waals surface area (Å²) in [7, 11) is 0. The number of ketones is 1. The number of likely N-dealkylation sites (tertiary alicyclic amines) is 1. The van der Waals surface area contributed by atoms with Crippen LogP contribution in [0.3, 0.4) is 0 Å². The number of H-pyrrole nitrogens is 1. The number of rotatable bonds is 4. The Morgan fingerprint density at radius 3 is 2.46 bits per heavy atom. The van der Waals surface area contributed by atoms with E-state index in [9.17, 15) is 27.6 Å². The lowest BCUT2D eigenvalue weighted by Gasteiger charge is -2.32. The van der Waals surface area contributed by atoms with Gasteiger partial charge in [-0.2, -0.15) is 0 Å². The van der Waals surface area contributed by atoms with E-state index in [0.29, 0.717) is 50.2 Å². The monoisotopic (exact) mass is 516 g/mol. The predicted molar refractivity (Wildman–Crippen MR) is 128 cm³/mol. The molecule has 3 aromatic rings. The van der Waals surface area contributed by atoms with Crippen LogP contribution in [0.25, 0.3) is 11.2 Å². The van der Waals surface area contributed by atoms with Crippen LogP contribution in [-0.2, 0) is 4.79 Å². The third-order valence-corrected chi connectivity index (χ3v) is 7.30. The van der Waals surface area contributed by atoms with Gasteiger partial charge in [-0.1, -0.05) is 0 Å². The van der Waals surface area contributed by atoms with Gasteiger partial charge in [-0.3, -0.25) is 19.1 Å². The number of hydrogen-bond acceptors (Lipinski definition) is 5. The van der Waals surface area contributed by atoms with E-state index in [-0.39, 0.29) is 34.9 Å². The molecule has 1 saturated heterocycles. The first kappa shape index (κ1) is 25.0. The highest BCUT2D eigenvalue weighted by Crippen LogP contribution is 2.32. The second kappa shape index (κ2) is 10.0. The lowest BCUT2D eigenvalue weighted by molar-refractivity contribution is -0.274. The Morgan fingerprint density at radius 1 is 1.03 bits per heavy atom. The van der Waals surface area contributed by atoms with Gasteiger partial charge in [0.1, 0.15) is 11.5 Å².